The molecule has 3 aromatic heterocycles. The summed E-state index contributed by atoms with van der Waals surface area (Å²) in [5.41, 5.74) is 5.63. The molecule has 0 fully saturated rings. The van der Waals surface area contributed by atoms with Crippen LogP contribution in [-0.2, 0) is 12.6 Å². The number of aromatic amines is 1. The first-order valence-electron chi connectivity index (χ1n) is 10.1. The number of hydrazone groups is 1. The summed E-state index contributed by atoms with van der Waals surface area (Å²) in [6, 6.07) is 14.2. The second-order valence-electron chi connectivity index (χ2n) is 7.34. The van der Waals surface area contributed by atoms with Crippen molar-refractivity contribution in [2.24, 2.45) is 5.10 Å². The van der Waals surface area contributed by atoms with Crippen LogP contribution in [-0.4, -0.2) is 26.4 Å². The standard InChI is InChI=1S/C23H17F3N6O/c1-2-13-6-8-18-17(10-13)20-21(28-18)29-22(32-30-20)31-27-12-16-7-9-19(33-16)14-4-3-5-15(11-14)23(24,25)26/h3-12H,2H2,1H3,(H2,28,29,31,32)/b27-12-. The van der Waals surface area contributed by atoms with E-state index in [2.05, 4.69) is 43.7 Å². The molecule has 0 aliphatic carbocycles. The maximum Gasteiger partial charge on any atom is 0.416 e. The molecule has 166 valence electrons. The predicted octanol–water partition coefficient (Wildman–Crippen LogP) is 5.79. The van der Waals surface area contributed by atoms with E-state index in [-0.39, 0.29) is 5.95 Å². The molecule has 0 amide bonds. The molecule has 0 bridgehead atoms. The Morgan fingerprint density at radius 2 is 1.97 bits per heavy atom. The lowest BCUT2D eigenvalue weighted by Crippen LogP contribution is -2.04. The molecule has 7 nitrogen and oxygen atoms in total. The Hall–Kier alpha value is -4.21. The minimum Gasteiger partial charge on any atom is -0.455 e. The van der Waals surface area contributed by atoms with E-state index >= 15 is 0 Å². The van der Waals surface area contributed by atoms with Crippen LogP contribution in [0.15, 0.2) is 64.1 Å². The number of hydrogen-bond donors (Lipinski definition) is 2. The lowest BCUT2D eigenvalue weighted by molar-refractivity contribution is -0.137. The fourth-order valence-electron chi connectivity index (χ4n) is 3.47. The molecule has 0 atom stereocenters. The minimum atomic E-state index is -4.42. The zero-order valence-electron chi connectivity index (χ0n) is 17.3. The number of aryl methyl sites for hydroxylation is 1. The van der Waals surface area contributed by atoms with E-state index in [0.717, 1.165) is 29.5 Å². The average molecular weight is 450 g/mol. The van der Waals surface area contributed by atoms with Crippen molar-refractivity contribution >= 4 is 34.2 Å². The van der Waals surface area contributed by atoms with E-state index in [9.17, 15) is 13.2 Å². The minimum absolute atomic E-state index is 0.186. The molecule has 0 aliphatic rings. The van der Waals surface area contributed by atoms with E-state index in [1.807, 2.05) is 12.1 Å². The number of anilines is 1. The quantitative estimate of drug-likeness (QED) is 0.261. The third kappa shape index (κ3) is 4.14. The van der Waals surface area contributed by atoms with Gasteiger partial charge in [-0.3, -0.25) is 0 Å². The zero-order valence-corrected chi connectivity index (χ0v) is 17.3. The van der Waals surface area contributed by atoms with Gasteiger partial charge < -0.3 is 9.40 Å². The van der Waals surface area contributed by atoms with Crippen LogP contribution in [0.3, 0.4) is 0 Å². The Morgan fingerprint density at radius 3 is 2.79 bits per heavy atom. The summed E-state index contributed by atoms with van der Waals surface area (Å²) in [7, 11) is 0. The maximum atomic E-state index is 12.9. The Morgan fingerprint density at radius 1 is 1.09 bits per heavy atom. The highest BCUT2D eigenvalue weighted by Gasteiger charge is 2.30. The molecule has 0 saturated heterocycles. The molecule has 0 aliphatic heterocycles. The van der Waals surface area contributed by atoms with Crippen molar-refractivity contribution in [1.29, 1.82) is 0 Å². The van der Waals surface area contributed by atoms with Crippen LogP contribution in [0.2, 0.25) is 0 Å². The van der Waals surface area contributed by atoms with Crippen molar-refractivity contribution in [3.05, 3.63) is 71.5 Å². The second kappa shape index (κ2) is 8.05. The summed E-state index contributed by atoms with van der Waals surface area (Å²) >= 11 is 0. The Bertz CT molecular complexity index is 1480. The van der Waals surface area contributed by atoms with E-state index < -0.39 is 11.7 Å². The summed E-state index contributed by atoms with van der Waals surface area (Å²) in [4.78, 5) is 7.60. The summed E-state index contributed by atoms with van der Waals surface area (Å²) in [6.07, 6.45) is -2.13. The lowest BCUT2D eigenvalue weighted by Gasteiger charge is -2.07. The highest BCUT2D eigenvalue weighted by Crippen LogP contribution is 2.32. The van der Waals surface area contributed by atoms with Gasteiger partial charge in [0.1, 0.15) is 17.0 Å². The smallest absolute Gasteiger partial charge is 0.416 e. The first-order valence-corrected chi connectivity index (χ1v) is 10.1. The van der Waals surface area contributed by atoms with Crippen LogP contribution in [0.5, 0.6) is 0 Å². The van der Waals surface area contributed by atoms with Crippen LogP contribution in [0.4, 0.5) is 19.1 Å². The molecule has 0 spiro atoms. The highest BCUT2D eigenvalue weighted by molar-refractivity contribution is 6.03. The number of H-pyrrole nitrogens is 1. The van der Waals surface area contributed by atoms with Crippen molar-refractivity contribution < 1.29 is 17.6 Å². The SMILES string of the molecule is CCc1ccc2[nH]c3nc(N/N=C\c4ccc(-c5cccc(C(F)(F)F)c5)o4)nnc3c2c1. The Kier molecular flexibility index (Phi) is 5.04. The number of halogens is 3. The number of nitrogens with one attached hydrogen (secondary N) is 2. The van der Waals surface area contributed by atoms with Crippen LogP contribution in [0, 0.1) is 0 Å². The third-order valence-corrected chi connectivity index (χ3v) is 5.14. The molecule has 0 unspecified atom stereocenters. The zero-order chi connectivity index (χ0) is 23.0. The van der Waals surface area contributed by atoms with Gasteiger partial charge in [-0.2, -0.15) is 23.3 Å². The first kappa shape index (κ1) is 20.7. The van der Waals surface area contributed by atoms with E-state index in [0.29, 0.717) is 28.2 Å². The Balaban J connectivity index is 1.33. The second-order valence-corrected chi connectivity index (χ2v) is 7.34. The summed E-state index contributed by atoms with van der Waals surface area (Å²) in [6.45, 7) is 2.08. The van der Waals surface area contributed by atoms with Crippen molar-refractivity contribution in [1.82, 2.24) is 20.2 Å². The number of benzene rings is 2. The van der Waals surface area contributed by atoms with Crippen LogP contribution in [0.1, 0.15) is 23.8 Å². The summed E-state index contributed by atoms with van der Waals surface area (Å²) in [5.74, 6) is 0.832. The van der Waals surface area contributed by atoms with Crippen LogP contribution >= 0.6 is 0 Å². The molecule has 5 aromatic rings. The summed E-state index contributed by atoms with van der Waals surface area (Å²) in [5, 5.41) is 13.3. The number of fused-ring (bicyclic) bond motifs is 3. The molecular formula is C23H17F3N6O. The molecule has 2 N–H and O–H groups in total. The number of hydrogen-bond acceptors (Lipinski definition) is 6. The van der Waals surface area contributed by atoms with Gasteiger partial charge in [-0.25, -0.2) is 5.43 Å². The van der Waals surface area contributed by atoms with Gasteiger partial charge in [-0.1, -0.05) is 25.1 Å². The molecule has 5 rings (SSSR count). The molecule has 0 saturated carbocycles. The topological polar surface area (TPSA) is 92.0 Å². The largest absolute Gasteiger partial charge is 0.455 e. The fourth-order valence-corrected chi connectivity index (χ4v) is 3.47. The van der Waals surface area contributed by atoms with E-state index in [1.54, 1.807) is 18.2 Å². The maximum absolute atomic E-state index is 12.9. The number of nitrogens with zero attached hydrogens (tertiary/aromatic N) is 4. The number of furan rings is 1. The van der Waals surface area contributed by atoms with Crippen molar-refractivity contribution in [3.63, 3.8) is 0 Å². The van der Waals surface area contributed by atoms with Gasteiger partial charge in [0, 0.05) is 16.5 Å². The number of aromatic nitrogens is 4. The third-order valence-electron chi connectivity index (χ3n) is 5.14. The van der Waals surface area contributed by atoms with Crippen molar-refractivity contribution in [3.8, 4) is 11.3 Å². The van der Waals surface area contributed by atoms with Gasteiger partial charge in [-0.05, 0) is 48.4 Å². The first-order chi connectivity index (χ1) is 15.9. The van der Waals surface area contributed by atoms with Gasteiger partial charge in [0.25, 0.3) is 5.95 Å². The van der Waals surface area contributed by atoms with Gasteiger partial charge in [0.15, 0.2) is 5.65 Å². The average Bonchev–Trinajstić information content (AvgIpc) is 3.42. The van der Waals surface area contributed by atoms with Gasteiger partial charge in [0.2, 0.25) is 0 Å². The van der Waals surface area contributed by atoms with E-state index in [4.69, 9.17) is 4.42 Å². The monoisotopic (exact) mass is 450 g/mol. The van der Waals surface area contributed by atoms with Crippen LogP contribution in [0.25, 0.3) is 33.4 Å². The number of rotatable bonds is 5. The Labute approximate surface area is 185 Å². The molecule has 10 heteroatoms. The normalized spacial score (nSPS) is 12.2. The molecular weight excluding hydrogens is 433 g/mol. The van der Waals surface area contributed by atoms with Crippen LogP contribution < -0.4 is 5.43 Å². The van der Waals surface area contributed by atoms with Crippen molar-refractivity contribution in [2.45, 2.75) is 19.5 Å². The predicted molar refractivity (Wildman–Crippen MR) is 119 cm³/mol. The molecule has 2 aromatic carbocycles. The highest BCUT2D eigenvalue weighted by atomic mass is 19.4. The summed E-state index contributed by atoms with van der Waals surface area (Å²) < 4.78 is 44.4. The fraction of sp³-hybridized carbons (Fsp3) is 0.130. The number of alkyl halides is 3. The van der Waals surface area contributed by atoms with E-state index in [1.165, 1.54) is 17.8 Å². The lowest BCUT2D eigenvalue weighted by atomic mass is 10.1. The molecule has 33 heavy (non-hydrogen) atoms. The van der Waals surface area contributed by atoms with Gasteiger partial charge in [0.05, 0.1) is 11.8 Å². The van der Waals surface area contributed by atoms with Gasteiger partial charge in [-0.15, -0.1) is 10.2 Å². The molecule has 0 radical (unpaired) electrons. The van der Waals surface area contributed by atoms with Gasteiger partial charge >= 0.3 is 6.18 Å². The van der Waals surface area contributed by atoms with Crippen molar-refractivity contribution in [2.75, 3.05) is 5.43 Å². The molecule has 3 heterocycles.